The van der Waals surface area contributed by atoms with Crippen LogP contribution in [0.3, 0.4) is 0 Å². The second kappa shape index (κ2) is 32.0. The average molecular weight is 1390 g/mol. The molecule has 27 nitrogen and oxygen atoms in total. The Labute approximate surface area is 563 Å². The highest BCUT2D eigenvalue weighted by molar-refractivity contribution is 7.99. The van der Waals surface area contributed by atoms with E-state index in [0.717, 1.165) is 84.7 Å². The molecule has 9 rings (SSSR count). The lowest BCUT2D eigenvalue weighted by Crippen LogP contribution is -2.30. The first kappa shape index (κ1) is 70.4. The molecule has 2 amide bonds. The molecule has 0 saturated carbocycles. The topological polar surface area (TPSA) is 352 Å². The van der Waals surface area contributed by atoms with E-state index in [2.05, 4.69) is 78.8 Å². The summed E-state index contributed by atoms with van der Waals surface area (Å²) in [4.78, 5) is 86.9. The Balaban J connectivity index is 1.05. The number of anilines is 10. The minimum atomic E-state index is -4.58. The lowest BCUT2D eigenvalue weighted by Gasteiger charge is -2.27. The number of carbonyl (C=O) groups excluding carboxylic acids is 4. The number of azo groups is 2. The Kier molecular flexibility index (Phi) is 23.7. The smallest absolute Gasteiger partial charge is 0.294 e. The van der Waals surface area contributed by atoms with Crippen molar-refractivity contribution in [1.29, 1.82) is 0 Å². The number of nitrogens with zero attached hydrogens (tertiary/aromatic N) is 13. The SMILES string of the molecule is CCSc1nc(Nc2cc(N(CC)CC)ccc2N=Nc2nc(N3CCCCC3)c(C=C(C(C)=O)C(=O)Nc3cccc(S(=O)(=O)O)c3)s2)nc(Nc2cc(N(CC)CC)ccc2N=Nc2nc(N3CCCCC3)c(C=C(C(C)=O)C(=O)Nc3cccc(S(=O)(=O)O)c3)s2)n1. The summed E-state index contributed by atoms with van der Waals surface area (Å²) in [5.41, 5.74) is 3.18. The van der Waals surface area contributed by atoms with Crippen LogP contribution < -0.4 is 40.9 Å². The summed E-state index contributed by atoms with van der Waals surface area (Å²) in [6, 6.07) is 21.5. The highest BCUT2D eigenvalue weighted by Crippen LogP contribution is 2.41. The molecule has 0 atom stereocenters. The monoisotopic (exact) mass is 1390 g/mol. The van der Waals surface area contributed by atoms with Crippen LogP contribution in [0.15, 0.2) is 131 Å². The summed E-state index contributed by atoms with van der Waals surface area (Å²) in [5, 5.41) is 31.7. The fourth-order valence-electron chi connectivity index (χ4n) is 10.4. The highest BCUT2D eigenvalue weighted by Gasteiger charge is 2.26. The van der Waals surface area contributed by atoms with Gasteiger partial charge in [-0.25, -0.2) is 0 Å². The van der Waals surface area contributed by atoms with Gasteiger partial charge in [-0.15, -0.1) is 20.5 Å². The number of hydrogen-bond acceptors (Lipinski definition) is 26. The quantitative estimate of drug-likeness (QED) is 0.00662. The van der Waals surface area contributed by atoms with E-state index in [9.17, 15) is 45.1 Å². The van der Waals surface area contributed by atoms with E-state index in [-0.39, 0.29) is 44.7 Å². The Hall–Kier alpha value is -8.92. The van der Waals surface area contributed by atoms with Crippen LogP contribution in [-0.2, 0) is 39.4 Å². The lowest BCUT2D eigenvalue weighted by molar-refractivity contribution is -0.120. The van der Waals surface area contributed by atoms with Crippen molar-refractivity contribution >= 4 is 169 Å². The molecule has 0 aliphatic carbocycles. The molecule has 95 heavy (non-hydrogen) atoms. The van der Waals surface area contributed by atoms with E-state index in [4.69, 9.17) is 35.1 Å². The Morgan fingerprint density at radius 3 is 1.31 bits per heavy atom. The number of hydrogen-bond donors (Lipinski definition) is 6. The molecule has 0 spiro atoms. The van der Waals surface area contributed by atoms with Gasteiger partial charge in [-0.3, -0.25) is 28.3 Å². The third kappa shape index (κ3) is 18.5. The molecular weight excluding hydrogens is 1320 g/mol. The first-order valence-corrected chi connectivity index (χ1v) is 36.3. The van der Waals surface area contributed by atoms with Crippen LogP contribution in [-0.4, -0.2) is 132 Å². The summed E-state index contributed by atoms with van der Waals surface area (Å²) >= 11 is 3.66. The molecule has 500 valence electrons. The number of thioether (sulfide) groups is 1. The van der Waals surface area contributed by atoms with Gasteiger partial charge in [0.2, 0.25) is 22.2 Å². The van der Waals surface area contributed by atoms with Gasteiger partial charge < -0.3 is 40.9 Å². The summed E-state index contributed by atoms with van der Waals surface area (Å²) in [7, 11) is -9.15. The number of aromatic nitrogens is 5. The molecule has 0 bridgehead atoms. The van der Waals surface area contributed by atoms with E-state index in [0.29, 0.717) is 107 Å². The highest BCUT2D eigenvalue weighted by atomic mass is 32.2. The van der Waals surface area contributed by atoms with Crippen molar-refractivity contribution in [3.8, 4) is 0 Å². The summed E-state index contributed by atoms with van der Waals surface area (Å²) < 4.78 is 66.8. The minimum Gasteiger partial charge on any atom is -0.372 e. The number of benzene rings is 4. The molecule has 32 heteroatoms. The Bertz CT molecular complexity index is 4080. The molecule has 2 aliphatic rings. The standard InChI is InChI=1S/C63H73N17O10S5/c1-8-77(9-2)43-25-27-49(73-75-62-68-55(79-29-15-13-16-30-79)53(92-62)37-47(39(6)81)57(83)64-41-21-19-23-45(33-41)94(85,86)87)51(35-43)66-59-70-60(72-61(71-59)91-12-5)67-52-36-44(78(10-3)11-4)26-28-50(52)74-76-63-69-56(80-31-17-14-18-32-80)54(93-63)38-48(40(7)82)58(84)65-42-22-20-24-46(34-42)95(88,89)90/h19-28,33-38H,8-18,29-32H2,1-7H3,(H,64,83)(H,65,84)(H,85,86,87)(H,88,89,90)(H2,66,67,70,71,72). The van der Waals surface area contributed by atoms with Crippen molar-refractivity contribution in [3.63, 3.8) is 0 Å². The number of ketones is 2. The van der Waals surface area contributed by atoms with Crippen LogP contribution in [0.2, 0.25) is 0 Å². The normalized spacial score (nSPS) is 14.1. The molecule has 0 radical (unpaired) electrons. The first-order chi connectivity index (χ1) is 45.5. The van der Waals surface area contributed by atoms with Crippen LogP contribution in [0.4, 0.5) is 79.3 Å². The number of Topliss-reactive ketones (excluding diaryl/α,β-unsaturated/α-hetero) is 2. The van der Waals surface area contributed by atoms with Gasteiger partial charge in [-0.05, 0) is 171 Å². The van der Waals surface area contributed by atoms with E-state index < -0.39 is 53.4 Å². The zero-order valence-electron chi connectivity index (χ0n) is 53.4. The largest absolute Gasteiger partial charge is 0.372 e. The predicted molar refractivity (Wildman–Crippen MR) is 375 cm³/mol. The van der Waals surface area contributed by atoms with Crippen LogP contribution in [0, 0.1) is 0 Å². The second-order valence-corrected chi connectivity index (χ2v) is 27.8. The Morgan fingerprint density at radius 2 is 0.947 bits per heavy atom. The molecule has 2 fully saturated rings. The molecule has 0 unspecified atom stereocenters. The van der Waals surface area contributed by atoms with Gasteiger partial charge in [0.15, 0.2) is 16.7 Å². The molecule has 6 N–H and O–H groups in total. The fraction of sp³-hybridized carbons (Fsp3) is 0.349. The number of amides is 2. The lowest BCUT2D eigenvalue weighted by atomic mass is 10.1. The minimum absolute atomic E-state index is 0.0497. The van der Waals surface area contributed by atoms with Crippen molar-refractivity contribution < 1.29 is 45.1 Å². The van der Waals surface area contributed by atoms with Crippen LogP contribution in [0.25, 0.3) is 12.2 Å². The summed E-state index contributed by atoms with van der Waals surface area (Å²) in [6.45, 7) is 18.2. The zero-order valence-corrected chi connectivity index (χ0v) is 57.4. The van der Waals surface area contributed by atoms with Crippen molar-refractivity contribution in [3.05, 3.63) is 106 Å². The molecule has 4 aromatic carbocycles. The van der Waals surface area contributed by atoms with Gasteiger partial charge in [0.25, 0.3) is 32.1 Å². The molecule has 7 aromatic rings. The molecule has 2 saturated heterocycles. The van der Waals surface area contributed by atoms with E-state index in [1.54, 1.807) is 0 Å². The van der Waals surface area contributed by atoms with Crippen molar-refractivity contribution in [2.45, 2.75) is 102 Å². The van der Waals surface area contributed by atoms with Gasteiger partial charge in [0, 0.05) is 75.1 Å². The van der Waals surface area contributed by atoms with Crippen molar-refractivity contribution in [1.82, 2.24) is 24.9 Å². The maximum Gasteiger partial charge on any atom is 0.294 e. The number of piperidine rings is 2. The number of rotatable bonds is 28. The van der Waals surface area contributed by atoms with Gasteiger partial charge in [0.1, 0.15) is 23.0 Å². The van der Waals surface area contributed by atoms with E-state index in [1.807, 2.05) is 43.3 Å². The van der Waals surface area contributed by atoms with Crippen LogP contribution >= 0.6 is 34.4 Å². The molecule has 3 aromatic heterocycles. The number of thiazole rings is 2. The third-order valence-corrected chi connectivity index (χ3v) is 19.4. The van der Waals surface area contributed by atoms with Gasteiger partial charge >= 0.3 is 0 Å². The average Bonchev–Trinajstić information content (AvgIpc) is 1.73. The maximum absolute atomic E-state index is 13.8. The van der Waals surface area contributed by atoms with Gasteiger partial charge in [-0.1, -0.05) is 53.5 Å². The zero-order chi connectivity index (χ0) is 68.0. The predicted octanol–water partition coefficient (Wildman–Crippen LogP) is 13.6. The first-order valence-electron chi connectivity index (χ1n) is 30.8. The fourth-order valence-corrected chi connectivity index (χ4v) is 13.8. The van der Waals surface area contributed by atoms with E-state index in [1.165, 1.54) is 74.2 Å². The molecular formula is C63H73N17O10S5. The third-order valence-electron chi connectivity index (χ3n) is 15.2. The van der Waals surface area contributed by atoms with Gasteiger partial charge in [0.05, 0.1) is 42.1 Å². The Morgan fingerprint density at radius 1 is 0.547 bits per heavy atom. The molecule has 5 heterocycles. The maximum atomic E-state index is 13.8. The van der Waals surface area contributed by atoms with Crippen LogP contribution in [0.1, 0.15) is 96.7 Å². The van der Waals surface area contributed by atoms with Gasteiger partial charge in [-0.2, -0.15) is 41.8 Å². The number of nitrogens with one attached hydrogen (secondary N) is 4. The molecule has 2 aliphatic heterocycles. The van der Waals surface area contributed by atoms with Crippen LogP contribution in [0.5, 0.6) is 0 Å². The second-order valence-electron chi connectivity index (χ2n) is 21.7. The number of carbonyl (C=O) groups is 4. The van der Waals surface area contributed by atoms with Crippen molar-refractivity contribution in [2.75, 3.05) is 99.0 Å². The van der Waals surface area contributed by atoms with Crippen molar-refractivity contribution in [2.24, 2.45) is 20.5 Å². The summed E-state index contributed by atoms with van der Waals surface area (Å²) in [6.07, 6.45) is 8.54. The summed E-state index contributed by atoms with van der Waals surface area (Å²) in [5.74, 6) is -0.722. The van der Waals surface area contributed by atoms with E-state index >= 15 is 0 Å².